The van der Waals surface area contributed by atoms with Crippen molar-refractivity contribution in [1.29, 1.82) is 0 Å². The number of hydrogen-bond acceptors (Lipinski definition) is 2. The molecule has 0 saturated carbocycles. The molecule has 0 spiro atoms. The van der Waals surface area contributed by atoms with Gasteiger partial charge in [0.15, 0.2) is 0 Å². The van der Waals surface area contributed by atoms with Crippen molar-refractivity contribution in [3.63, 3.8) is 0 Å². The van der Waals surface area contributed by atoms with Gasteiger partial charge in [0.1, 0.15) is 0 Å². The van der Waals surface area contributed by atoms with E-state index in [-0.39, 0.29) is 45.9 Å². The molecular formula is C96H100B2N4. The molecular weight excluding hydrogens is 1230 g/mol. The number of aryl methyl sites for hydroxylation is 6. The van der Waals surface area contributed by atoms with Gasteiger partial charge in [0, 0.05) is 78.1 Å². The molecule has 0 aliphatic carbocycles. The zero-order valence-corrected chi connectivity index (χ0v) is 65.1. The van der Waals surface area contributed by atoms with Gasteiger partial charge in [-0.3, -0.25) is 0 Å². The molecule has 0 unspecified atom stereocenters. The van der Waals surface area contributed by atoms with E-state index in [0.717, 1.165) is 11.4 Å². The number of benzene rings is 11. The van der Waals surface area contributed by atoms with E-state index in [9.17, 15) is 0 Å². The summed E-state index contributed by atoms with van der Waals surface area (Å²) in [4.78, 5) is 5.42. The molecule has 6 heterocycles. The van der Waals surface area contributed by atoms with Gasteiger partial charge in [-0.2, -0.15) is 0 Å². The second-order valence-corrected chi connectivity index (χ2v) is 37.6. The van der Waals surface area contributed by atoms with E-state index in [1.807, 2.05) is 0 Å². The fraction of sp³-hybridized carbons (Fsp3) is 0.312. The second kappa shape index (κ2) is 21.7. The van der Waals surface area contributed by atoms with Crippen LogP contribution < -0.4 is 42.6 Å². The third-order valence-corrected chi connectivity index (χ3v) is 23.9. The highest BCUT2D eigenvalue weighted by atomic mass is 15.2. The Morgan fingerprint density at radius 2 is 0.559 bits per heavy atom. The molecule has 17 rings (SSSR count). The van der Waals surface area contributed by atoms with Crippen LogP contribution in [0.1, 0.15) is 191 Å². The molecule has 4 aliphatic rings. The predicted octanol–water partition coefficient (Wildman–Crippen LogP) is 22.1. The summed E-state index contributed by atoms with van der Waals surface area (Å²) >= 11 is 0. The monoisotopic (exact) mass is 1330 g/mol. The predicted molar refractivity (Wildman–Crippen MR) is 445 cm³/mol. The SMILES string of the molecule is Cc1cc(C)c(-c2cc3c4c(c2)-n2c5ccc(C(C)(C)C)cc5c5cc(C(C)(C)C)cc(c52)B4c2cc4c(cc2N3c2ccc(C(C)(C)C)cc2)N(c2ccc(C(C)(C)C)cc2)c2cc(-c3c(C)cc(C)cc3C)cc3c2B4c2cc(C(C)(C)C)cc4c5cc(C(C)(C)C)ccc5n-3c24)c(C)c1. The fourth-order valence-corrected chi connectivity index (χ4v) is 18.7. The van der Waals surface area contributed by atoms with E-state index in [1.165, 1.54) is 200 Å². The van der Waals surface area contributed by atoms with Crippen molar-refractivity contribution in [2.75, 3.05) is 9.80 Å². The summed E-state index contributed by atoms with van der Waals surface area (Å²) in [6.07, 6.45) is 0. The first kappa shape index (κ1) is 66.0. The molecule has 4 nitrogen and oxygen atoms in total. The number of nitrogens with zero attached hydrogens (tertiary/aromatic N) is 4. The van der Waals surface area contributed by atoms with Crippen molar-refractivity contribution in [3.05, 3.63) is 237 Å². The van der Waals surface area contributed by atoms with E-state index in [2.05, 4.69) is 355 Å². The van der Waals surface area contributed by atoms with Crippen molar-refractivity contribution in [2.24, 2.45) is 0 Å². The number of fused-ring (bicyclic) bond motifs is 14. The minimum atomic E-state index is -0.155. The molecule has 0 radical (unpaired) electrons. The first-order chi connectivity index (χ1) is 47.8. The molecule has 0 N–H and O–H groups in total. The topological polar surface area (TPSA) is 16.3 Å². The first-order valence-corrected chi connectivity index (χ1v) is 37.6. The van der Waals surface area contributed by atoms with Crippen molar-refractivity contribution < 1.29 is 0 Å². The number of hydrogen-bond donors (Lipinski definition) is 0. The Morgan fingerprint density at radius 1 is 0.255 bits per heavy atom. The highest BCUT2D eigenvalue weighted by Gasteiger charge is 2.49. The van der Waals surface area contributed by atoms with Gasteiger partial charge in [0.25, 0.3) is 13.4 Å². The lowest BCUT2D eigenvalue weighted by molar-refractivity contribution is 0.590. The molecule has 0 fully saturated rings. The molecule has 4 aliphatic heterocycles. The minimum Gasteiger partial charge on any atom is -0.311 e. The van der Waals surface area contributed by atoms with Crippen LogP contribution in [0.5, 0.6) is 0 Å². The normalized spacial score (nSPS) is 14.2. The average molecular weight is 1330 g/mol. The molecule has 11 aromatic carbocycles. The van der Waals surface area contributed by atoms with E-state index >= 15 is 0 Å². The van der Waals surface area contributed by atoms with Gasteiger partial charge in [0.05, 0.1) is 11.0 Å². The molecule has 102 heavy (non-hydrogen) atoms. The van der Waals surface area contributed by atoms with E-state index in [4.69, 9.17) is 0 Å². The number of anilines is 6. The van der Waals surface area contributed by atoms with Crippen LogP contribution in [-0.2, 0) is 32.5 Å². The van der Waals surface area contributed by atoms with Crippen LogP contribution in [0.15, 0.2) is 170 Å². The summed E-state index contributed by atoms with van der Waals surface area (Å²) in [5.74, 6) is 0. The molecule has 0 bridgehead atoms. The lowest BCUT2D eigenvalue weighted by Gasteiger charge is -2.45. The summed E-state index contributed by atoms with van der Waals surface area (Å²) in [5, 5.41) is 5.28. The second-order valence-electron chi connectivity index (χ2n) is 37.6. The largest absolute Gasteiger partial charge is 0.311 e. The van der Waals surface area contributed by atoms with Gasteiger partial charge < -0.3 is 18.9 Å². The zero-order valence-electron chi connectivity index (χ0n) is 65.1. The molecule has 6 heteroatoms. The maximum atomic E-state index is 2.77. The zero-order chi connectivity index (χ0) is 72.2. The summed E-state index contributed by atoms with van der Waals surface area (Å²) in [6.45, 7) is 56.2. The van der Waals surface area contributed by atoms with Crippen molar-refractivity contribution in [2.45, 2.75) is 199 Å². The quantitative estimate of drug-likeness (QED) is 0.163. The number of aromatic nitrogens is 2. The van der Waals surface area contributed by atoms with Crippen molar-refractivity contribution in [1.82, 2.24) is 9.13 Å². The van der Waals surface area contributed by atoms with Gasteiger partial charge in [-0.1, -0.05) is 215 Å². The van der Waals surface area contributed by atoms with E-state index in [0.29, 0.717) is 0 Å². The Bertz CT molecular complexity index is 5420. The Balaban J connectivity index is 1.08. The maximum absolute atomic E-state index is 2.77. The van der Waals surface area contributed by atoms with Crippen molar-refractivity contribution >= 4 is 124 Å². The summed E-state index contributed by atoms with van der Waals surface area (Å²) in [7, 11) is 0. The lowest BCUT2D eigenvalue weighted by Crippen LogP contribution is -2.64. The summed E-state index contributed by atoms with van der Waals surface area (Å²) in [5.41, 5.74) is 43.2. The fourth-order valence-electron chi connectivity index (χ4n) is 18.7. The van der Waals surface area contributed by atoms with Crippen LogP contribution in [0, 0.1) is 41.5 Å². The highest BCUT2D eigenvalue weighted by Crippen LogP contribution is 2.51. The summed E-state index contributed by atoms with van der Waals surface area (Å²) in [6, 6.07) is 70.0. The first-order valence-electron chi connectivity index (χ1n) is 37.6. The van der Waals surface area contributed by atoms with Gasteiger partial charge in [-0.15, -0.1) is 0 Å². The molecule has 2 aromatic heterocycles. The lowest BCUT2D eigenvalue weighted by atomic mass is 9.30. The van der Waals surface area contributed by atoms with E-state index < -0.39 is 0 Å². The van der Waals surface area contributed by atoms with Crippen LogP contribution in [-0.4, -0.2) is 22.6 Å². The Kier molecular flexibility index (Phi) is 14.0. The highest BCUT2D eigenvalue weighted by molar-refractivity contribution is 7.03. The van der Waals surface area contributed by atoms with Gasteiger partial charge in [-0.25, -0.2) is 0 Å². The van der Waals surface area contributed by atoms with Gasteiger partial charge in [0.2, 0.25) is 0 Å². The molecule has 0 atom stereocenters. The van der Waals surface area contributed by atoms with Gasteiger partial charge in [-0.05, 0) is 276 Å². The van der Waals surface area contributed by atoms with Crippen LogP contribution in [0.25, 0.3) is 77.2 Å². The standard InChI is InChI=1S/C96H100B2N4/c1-53-37-55(3)85(56(4)38-53)59-41-81-87-83(43-59)101-77-35-29-63(93(13,14)15)45-69(77)71-47-65(95(19,20)21)49-75(89(71)101)97(87)73-51-74-80(52-79(73)99(81)67-31-25-61(26-32-67)91(7,8)9)100(68-33-27-62(28-34-68)92(10,11)12)82-42-60(86-57(5)39-54(2)40-58(86)6)44-84-88(82)98(74)76-50-66(96(22,23)24)48-72-70-46-64(94(16,17)18)30-36-78(70)102(84)90(72)76/h25-52H,1-24H3. The molecule has 0 amide bonds. The molecule has 510 valence electrons. The smallest absolute Gasteiger partial charge is 0.252 e. The third-order valence-electron chi connectivity index (χ3n) is 23.9. The minimum absolute atomic E-state index is 0.0512. The Morgan fingerprint density at radius 3 is 0.882 bits per heavy atom. The summed E-state index contributed by atoms with van der Waals surface area (Å²) < 4.78 is 5.42. The van der Waals surface area contributed by atoms with Crippen LogP contribution >= 0.6 is 0 Å². The maximum Gasteiger partial charge on any atom is 0.252 e. The third kappa shape index (κ3) is 9.83. The van der Waals surface area contributed by atoms with E-state index in [1.54, 1.807) is 0 Å². The van der Waals surface area contributed by atoms with Crippen LogP contribution in [0.2, 0.25) is 0 Å². The van der Waals surface area contributed by atoms with Crippen LogP contribution in [0.4, 0.5) is 34.1 Å². The molecule has 13 aromatic rings. The van der Waals surface area contributed by atoms with Crippen LogP contribution in [0.3, 0.4) is 0 Å². The van der Waals surface area contributed by atoms with Crippen molar-refractivity contribution in [3.8, 4) is 33.6 Å². The van der Waals surface area contributed by atoms with Gasteiger partial charge >= 0.3 is 0 Å². The average Bonchev–Trinajstić information content (AvgIpc) is 1.29. The Labute approximate surface area is 608 Å². The molecule has 0 saturated heterocycles. The Hall–Kier alpha value is -9.25. The number of rotatable bonds is 4.